The first-order chi connectivity index (χ1) is 7.22. The molecule has 15 heavy (non-hydrogen) atoms. The van der Waals surface area contributed by atoms with Crippen LogP contribution in [0.1, 0.15) is 56.4 Å². The number of oxazole rings is 1. The molecule has 84 valence electrons. The molecule has 2 rings (SSSR count). The van der Waals surface area contributed by atoms with E-state index >= 15 is 0 Å². The summed E-state index contributed by atoms with van der Waals surface area (Å²) in [5, 5.41) is 3.35. The third kappa shape index (κ3) is 2.07. The summed E-state index contributed by atoms with van der Waals surface area (Å²) in [5.74, 6) is 2.97. The van der Waals surface area contributed by atoms with E-state index in [9.17, 15) is 0 Å². The van der Waals surface area contributed by atoms with Crippen LogP contribution in [0.3, 0.4) is 0 Å². The molecule has 0 aromatic carbocycles. The Kier molecular flexibility index (Phi) is 3.10. The smallest absolute Gasteiger partial charge is 0.199 e. The van der Waals surface area contributed by atoms with Crippen molar-refractivity contribution in [3.05, 3.63) is 17.3 Å². The molecule has 1 aliphatic rings. The molecule has 1 aromatic rings. The molecule has 1 unspecified atom stereocenters. The van der Waals surface area contributed by atoms with Gasteiger partial charge in [-0.2, -0.15) is 0 Å². The van der Waals surface area contributed by atoms with Gasteiger partial charge in [-0.1, -0.05) is 20.8 Å². The fourth-order valence-corrected chi connectivity index (χ4v) is 2.13. The van der Waals surface area contributed by atoms with Crippen LogP contribution in [0.2, 0.25) is 0 Å². The molecule has 2 heterocycles. The summed E-state index contributed by atoms with van der Waals surface area (Å²) in [4.78, 5) is 4.66. The van der Waals surface area contributed by atoms with E-state index in [4.69, 9.17) is 4.42 Å². The Labute approximate surface area is 91.3 Å². The number of aryl methyl sites for hydroxylation is 1. The third-order valence-corrected chi connectivity index (χ3v) is 3.02. The van der Waals surface area contributed by atoms with Crippen molar-refractivity contribution in [2.24, 2.45) is 0 Å². The zero-order chi connectivity index (χ0) is 10.8. The van der Waals surface area contributed by atoms with E-state index in [0.717, 1.165) is 43.3 Å². The predicted octanol–water partition coefficient (Wildman–Crippen LogP) is 2.44. The van der Waals surface area contributed by atoms with Gasteiger partial charge in [-0.25, -0.2) is 4.98 Å². The van der Waals surface area contributed by atoms with E-state index in [2.05, 4.69) is 31.1 Å². The molecule has 0 bridgehead atoms. The second kappa shape index (κ2) is 4.35. The maximum absolute atomic E-state index is 5.86. The molecule has 0 radical (unpaired) electrons. The number of nitrogens with one attached hydrogen (secondary N) is 1. The van der Waals surface area contributed by atoms with Gasteiger partial charge in [0, 0.05) is 18.9 Å². The first-order valence-electron chi connectivity index (χ1n) is 5.92. The Morgan fingerprint density at radius 3 is 2.80 bits per heavy atom. The summed E-state index contributed by atoms with van der Waals surface area (Å²) in [5.41, 5.74) is 1.15. The van der Waals surface area contributed by atoms with Gasteiger partial charge < -0.3 is 9.73 Å². The Morgan fingerprint density at radius 1 is 1.53 bits per heavy atom. The lowest BCUT2D eigenvalue weighted by molar-refractivity contribution is 0.428. The molecule has 0 spiro atoms. The minimum Gasteiger partial charge on any atom is -0.445 e. The Morgan fingerprint density at radius 2 is 2.33 bits per heavy atom. The third-order valence-electron chi connectivity index (χ3n) is 3.02. The topological polar surface area (TPSA) is 38.1 Å². The average Bonchev–Trinajstić information content (AvgIpc) is 2.86. The lowest BCUT2D eigenvalue weighted by atomic mass is 10.1. The molecule has 1 aliphatic heterocycles. The highest BCUT2D eigenvalue weighted by atomic mass is 16.4. The van der Waals surface area contributed by atoms with Gasteiger partial charge in [0.05, 0.1) is 5.69 Å². The molecule has 1 saturated heterocycles. The molecule has 0 amide bonds. The molecule has 1 aromatic heterocycles. The zero-order valence-electron chi connectivity index (χ0n) is 9.84. The lowest BCUT2D eigenvalue weighted by Gasteiger charge is -2.00. The van der Waals surface area contributed by atoms with Gasteiger partial charge in [-0.05, 0) is 18.9 Å². The predicted molar refractivity (Wildman–Crippen MR) is 60.2 cm³/mol. The van der Waals surface area contributed by atoms with Crippen LogP contribution in [0.5, 0.6) is 0 Å². The number of hydrogen-bond donors (Lipinski definition) is 1. The van der Waals surface area contributed by atoms with Gasteiger partial charge >= 0.3 is 0 Å². The van der Waals surface area contributed by atoms with Gasteiger partial charge in [0.2, 0.25) is 0 Å². The van der Waals surface area contributed by atoms with E-state index in [1.807, 2.05) is 0 Å². The highest BCUT2D eigenvalue weighted by Gasteiger charge is 2.24. The second-order valence-corrected chi connectivity index (χ2v) is 4.56. The standard InChI is InChI=1S/C12H20N2O/c1-4-10-11(8(2)3)14-12(15-10)9-5-6-13-7-9/h8-9,13H,4-7H2,1-3H3. The van der Waals surface area contributed by atoms with Crippen LogP contribution in [0, 0.1) is 0 Å². The maximum Gasteiger partial charge on any atom is 0.199 e. The minimum absolute atomic E-state index is 0.465. The van der Waals surface area contributed by atoms with Crippen molar-refractivity contribution in [3.63, 3.8) is 0 Å². The number of aromatic nitrogens is 1. The van der Waals surface area contributed by atoms with Crippen LogP contribution in [0.15, 0.2) is 4.42 Å². The Bertz CT molecular complexity index is 324. The Hall–Kier alpha value is -0.830. The molecule has 1 N–H and O–H groups in total. The fourth-order valence-electron chi connectivity index (χ4n) is 2.13. The normalized spacial score (nSPS) is 21.5. The Balaban J connectivity index is 2.25. The highest BCUT2D eigenvalue weighted by molar-refractivity contribution is 5.16. The monoisotopic (exact) mass is 208 g/mol. The average molecular weight is 208 g/mol. The van der Waals surface area contributed by atoms with E-state index in [0.29, 0.717) is 11.8 Å². The van der Waals surface area contributed by atoms with Gasteiger partial charge in [-0.15, -0.1) is 0 Å². The molecule has 0 saturated carbocycles. The summed E-state index contributed by atoms with van der Waals surface area (Å²) in [6.45, 7) is 8.58. The summed E-state index contributed by atoms with van der Waals surface area (Å²) >= 11 is 0. The van der Waals surface area contributed by atoms with Crippen molar-refractivity contribution in [2.75, 3.05) is 13.1 Å². The quantitative estimate of drug-likeness (QED) is 0.829. The van der Waals surface area contributed by atoms with Crippen LogP contribution in [0.4, 0.5) is 0 Å². The second-order valence-electron chi connectivity index (χ2n) is 4.56. The van der Waals surface area contributed by atoms with Crippen molar-refractivity contribution in [3.8, 4) is 0 Å². The van der Waals surface area contributed by atoms with Crippen molar-refractivity contribution < 1.29 is 4.42 Å². The first kappa shape index (κ1) is 10.7. The van der Waals surface area contributed by atoms with E-state index in [-0.39, 0.29) is 0 Å². The lowest BCUT2D eigenvalue weighted by Crippen LogP contribution is -2.08. The van der Waals surface area contributed by atoms with Crippen LogP contribution in [0.25, 0.3) is 0 Å². The molecular formula is C12H20N2O. The maximum atomic E-state index is 5.86. The SMILES string of the molecule is CCc1oc(C2CCNC2)nc1C(C)C. The molecule has 1 atom stereocenters. The molecular weight excluding hydrogens is 188 g/mol. The highest BCUT2D eigenvalue weighted by Crippen LogP contribution is 2.27. The fraction of sp³-hybridized carbons (Fsp3) is 0.750. The number of hydrogen-bond acceptors (Lipinski definition) is 3. The van der Waals surface area contributed by atoms with Crippen molar-refractivity contribution in [1.29, 1.82) is 0 Å². The van der Waals surface area contributed by atoms with Gasteiger partial charge in [0.25, 0.3) is 0 Å². The zero-order valence-corrected chi connectivity index (χ0v) is 9.84. The van der Waals surface area contributed by atoms with Crippen molar-refractivity contribution >= 4 is 0 Å². The van der Waals surface area contributed by atoms with E-state index < -0.39 is 0 Å². The van der Waals surface area contributed by atoms with E-state index in [1.165, 1.54) is 0 Å². The van der Waals surface area contributed by atoms with Crippen LogP contribution in [-0.2, 0) is 6.42 Å². The van der Waals surface area contributed by atoms with Gasteiger partial charge in [-0.3, -0.25) is 0 Å². The molecule has 0 aliphatic carbocycles. The van der Waals surface area contributed by atoms with Gasteiger partial charge in [0.15, 0.2) is 5.89 Å². The first-order valence-corrected chi connectivity index (χ1v) is 5.92. The van der Waals surface area contributed by atoms with Crippen LogP contribution >= 0.6 is 0 Å². The van der Waals surface area contributed by atoms with Crippen LogP contribution in [-0.4, -0.2) is 18.1 Å². The summed E-state index contributed by atoms with van der Waals surface area (Å²) in [7, 11) is 0. The van der Waals surface area contributed by atoms with Crippen molar-refractivity contribution in [1.82, 2.24) is 10.3 Å². The number of nitrogens with zero attached hydrogens (tertiary/aromatic N) is 1. The van der Waals surface area contributed by atoms with Crippen LogP contribution < -0.4 is 5.32 Å². The summed E-state index contributed by atoms with van der Waals surface area (Å²) in [6.07, 6.45) is 2.10. The summed E-state index contributed by atoms with van der Waals surface area (Å²) < 4.78 is 5.86. The number of rotatable bonds is 3. The molecule has 3 heteroatoms. The molecule has 1 fully saturated rings. The van der Waals surface area contributed by atoms with E-state index in [1.54, 1.807) is 0 Å². The largest absolute Gasteiger partial charge is 0.445 e. The summed E-state index contributed by atoms with van der Waals surface area (Å²) in [6, 6.07) is 0. The molecule has 3 nitrogen and oxygen atoms in total. The van der Waals surface area contributed by atoms with Crippen molar-refractivity contribution in [2.45, 2.75) is 45.4 Å². The minimum atomic E-state index is 0.465. The van der Waals surface area contributed by atoms with Gasteiger partial charge in [0.1, 0.15) is 5.76 Å².